The zero-order chi connectivity index (χ0) is 22.9. The van der Waals surface area contributed by atoms with Crippen LogP contribution < -0.4 is 5.32 Å². The fraction of sp³-hybridized carbons (Fsp3) is 0.333. The monoisotopic (exact) mass is 449 g/mol. The van der Waals surface area contributed by atoms with Crippen molar-refractivity contribution in [3.63, 3.8) is 0 Å². The van der Waals surface area contributed by atoms with E-state index in [0.717, 1.165) is 12.8 Å². The number of quaternary nitrogens is 1. The molecule has 5 heterocycles. The highest BCUT2D eigenvalue weighted by atomic mass is 16.6. The second kappa shape index (κ2) is 8.42. The molecule has 0 saturated carbocycles. The molecule has 2 atom stereocenters. The number of hydrogen-bond acceptors (Lipinski definition) is 7. The van der Waals surface area contributed by atoms with Crippen molar-refractivity contribution >= 4 is 17.8 Å². The number of ether oxygens (including phenoxy) is 1. The number of hydrogen-bond donors (Lipinski definition) is 2. The first-order chi connectivity index (χ1) is 16.0. The third-order valence-electron chi connectivity index (χ3n) is 6.83. The summed E-state index contributed by atoms with van der Waals surface area (Å²) in [6.45, 7) is 1.67. The minimum Gasteiger partial charge on any atom is -0.472 e. The van der Waals surface area contributed by atoms with Crippen molar-refractivity contribution in [2.45, 2.75) is 24.5 Å². The minimum absolute atomic E-state index is 0.141. The summed E-state index contributed by atoms with van der Waals surface area (Å²) >= 11 is 0. The third kappa shape index (κ3) is 3.79. The highest BCUT2D eigenvalue weighted by Gasteiger charge is 2.54. The molecule has 170 valence electrons. The molecule has 3 aromatic rings. The number of carbonyl (C=O) groups is 2. The van der Waals surface area contributed by atoms with E-state index in [9.17, 15) is 14.7 Å². The number of esters is 1. The maximum absolute atomic E-state index is 13.4. The predicted molar refractivity (Wildman–Crippen MR) is 117 cm³/mol. The van der Waals surface area contributed by atoms with Crippen LogP contribution >= 0.6 is 0 Å². The lowest BCUT2D eigenvalue weighted by Gasteiger charge is -2.49. The molecule has 1 aromatic carbocycles. The van der Waals surface area contributed by atoms with Gasteiger partial charge in [-0.25, -0.2) is 14.1 Å². The van der Waals surface area contributed by atoms with Gasteiger partial charge in [-0.3, -0.25) is 5.32 Å². The molecule has 9 nitrogen and oxygen atoms in total. The molecule has 0 aliphatic carbocycles. The number of fused-ring (bicyclic) bond motifs is 3. The lowest BCUT2D eigenvalue weighted by molar-refractivity contribution is -0.869. The van der Waals surface area contributed by atoms with Crippen molar-refractivity contribution in [3.05, 3.63) is 78.4 Å². The van der Waals surface area contributed by atoms with Gasteiger partial charge in [0.2, 0.25) is 5.60 Å². The van der Waals surface area contributed by atoms with Crippen LogP contribution in [0.25, 0.3) is 0 Å². The van der Waals surface area contributed by atoms with Crippen molar-refractivity contribution in [3.8, 4) is 0 Å². The highest BCUT2D eigenvalue weighted by molar-refractivity contribution is 5.85. The van der Waals surface area contributed by atoms with Crippen LogP contribution in [-0.4, -0.2) is 57.5 Å². The van der Waals surface area contributed by atoms with Gasteiger partial charge in [0.05, 0.1) is 25.6 Å². The van der Waals surface area contributed by atoms with Gasteiger partial charge in [-0.1, -0.05) is 30.3 Å². The van der Waals surface area contributed by atoms with Gasteiger partial charge in [-0.15, -0.1) is 5.10 Å². The van der Waals surface area contributed by atoms with Gasteiger partial charge in [0.1, 0.15) is 6.54 Å². The van der Waals surface area contributed by atoms with E-state index in [1.807, 2.05) is 6.07 Å². The number of amides is 2. The van der Waals surface area contributed by atoms with Crippen LogP contribution in [0.2, 0.25) is 0 Å². The molecule has 33 heavy (non-hydrogen) atoms. The van der Waals surface area contributed by atoms with Gasteiger partial charge in [0, 0.05) is 30.5 Å². The number of aromatic nitrogens is 2. The fourth-order valence-corrected chi connectivity index (χ4v) is 4.92. The first-order valence-corrected chi connectivity index (χ1v) is 11.0. The largest absolute Gasteiger partial charge is 0.472 e. The van der Waals surface area contributed by atoms with Crippen LogP contribution in [0.1, 0.15) is 24.0 Å². The Hall–Kier alpha value is -3.56. The van der Waals surface area contributed by atoms with Crippen LogP contribution in [0.4, 0.5) is 10.6 Å². The number of nitrogens with zero attached hydrogens (tertiary/aromatic N) is 3. The SMILES string of the molecule is O=C(OC1C[N+]2(C(=O)Nc3cccnn3)CCC1CC2)[C@@](O)(c1ccccc1)c1ccoc1. The number of benzene rings is 1. The first-order valence-electron chi connectivity index (χ1n) is 11.0. The Kier molecular flexibility index (Phi) is 5.43. The number of rotatable bonds is 5. The number of urea groups is 1. The van der Waals surface area contributed by atoms with Crippen LogP contribution in [0, 0.1) is 5.92 Å². The van der Waals surface area contributed by atoms with Crippen LogP contribution in [0.5, 0.6) is 0 Å². The molecule has 3 aliphatic rings. The van der Waals surface area contributed by atoms with E-state index in [-0.39, 0.29) is 16.4 Å². The Labute approximate surface area is 190 Å². The molecule has 3 fully saturated rings. The molecular formula is C24H25N4O5+. The smallest absolute Gasteiger partial charge is 0.422 e. The Morgan fingerprint density at radius 3 is 2.55 bits per heavy atom. The molecular weight excluding hydrogens is 424 g/mol. The van der Waals surface area contributed by atoms with E-state index in [2.05, 4.69) is 15.5 Å². The zero-order valence-electron chi connectivity index (χ0n) is 18.0. The predicted octanol–water partition coefficient (Wildman–Crippen LogP) is 2.69. The molecule has 2 N–H and O–H groups in total. The van der Waals surface area contributed by atoms with E-state index in [0.29, 0.717) is 36.6 Å². The summed E-state index contributed by atoms with van der Waals surface area (Å²) in [6, 6.07) is 13.4. The minimum atomic E-state index is -2.01. The van der Waals surface area contributed by atoms with E-state index in [1.165, 1.54) is 18.7 Å². The number of furan rings is 1. The van der Waals surface area contributed by atoms with E-state index >= 15 is 0 Å². The number of carbonyl (C=O) groups excluding carboxylic acids is 2. The number of anilines is 1. The first kappa shape index (κ1) is 21.3. The third-order valence-corrected chi connectivity index (χ3v) is 6.83. The molecule has 0 radical (unpaired) electrons. The van der Waals surface area contributed by atoms with Gasteiger partial charge < -0.3 is 14.3 Å². The van der Waals surface area contributed by atoms with Crippen LogP contribution in [-0.2, 0) is 15.1 Å². The molecule has 3 aliphatic heterocycles. The maximum Gasteiger partial charge on any atom is 0.422 e. The van der Waals surface area contributed by atoms with Crippen LogP contribution in [0.15, 0.2) is 71.7 Å². The van der Waals surface area contributed by atoms with Gasteiger partial charge >= 0.3 is 12.0 Å². The standard InChI is InChI=1S/C24H24N4O5/c29-22(24(31,19-10-14-32-16-19)18-5-2-1-3-6-18)33-20-15-28(12-8-17(20)9-13-28)23(30)26-21-7-4-11-25-27-21/h1-7,10-11,14,16-17,20,31H,8-9,12-13,15H2/p+1/t17?,20?,24-,28?/m1/s1. The summed E-state index contributed by atoms with van der Waals surface area (Å²) in [5.41, 5.74) is -1.32. The highest BCUT2D eigenvalue weighted by Crippen LogP contribution is 2.38. The van der Waals surface area contributed by atoms with E-state index < -0.39 is 17.7 Å². The van der Waals surface area contributed by atoms with Gasteiger partial charge in [-0.05, 0) is 23.8 Å². The quantitative estimate of drug-likeness (QED) is 0.455. The molecule has 2 aromatic heterocycles. The summed E-state index contributed by atoms with van der Waals surface area (Å²) in [6.07, 6.45) is 5.30. The fourth-order valence-electron chi connectivity index (χ4n) is 4.92. The Balaban J connectivity index is 1.37. The summed E-state index contributed by atoms with van der Waals surface area (Å²) in [4.78, 5) is 26.6. The molecule has 6 rings (SSSR count). The van der Waals surface area contributed by atoms with Gasteiger partial charge in [-0.2, -0.15) is 5.10 Å². The number of nitrogens with one attached hydrogen (secondary N) is 1. The van der Waals surface area contributed by atoms with Crippen molar-refractivity contribution < 1.29 is 28.3 Å². The molecule has 2 bridgehead atoms. The Morgan fingerprint density at radius 1 is 1.09 bits per heavy atom. The molecule has 2 amide bonds. The normalized spacial score (nSPS) is 25.7. The van der Waals surface area contributed by atoms with Gasteiger partial charge in [0.25, 0.3) is 0 Å². The molecule has 3 saturated heterocycles. The lowest BCUT2D eigenvalue weighted by atomic mass is 9.83. The summed E-state index contributed by atoms with van der Waals surface area (Å²) in [5, 5.41) is 22.1. The second-order valence-electron chi connectivity index (χ2n) is 8.68. The van der Waals surface area contributed by atoms with E-state index in [4.69, 9.17) is 9.15 Å². The molecule has 0 spiro atoms. The summed E-state index contributed by atoms with van der Waals surface area (Å²) in [5.74, 6) is -0.251. The topological polar surface area (TPSA) is 115 Å². The van der Waals surface area contributed by atoms with Crippen molar-refractivity contribution in [1.29, 1.82) is 0 Å². The average molecular weight is 449 g/mol. The molecule has 1 unspecified atom stereocenters. The number of aliphatic hydroxyl groups is 1. The second-order valence-corrected chi connectivity index (χ2v) is 8.68. The van der Waals surface area contributed by atoms with Gasteiger partial charge in [0.15, 0.2) is 11.9 Å². The zero-order valence-corrected chi connectivity index (χ0v) is 18.0. The number of piperidine rings is 3. The van der Waals surface area contributed by atoms with Crippen LogP contribution in [0.3, 0.4) is 0 Å². The van der Waals surface area contributed by atoms with Crippen molar-refractivity contribution in [1.82, 2.24) is 10.2 Å². The van der Waals surface area contributed by atoms with E-state index in [1.54, 1.807) is 42.5 Å². The molecule has 9 heteroatoms. The van der Waals surface area contributed by atoms with Crippen molar-refractivity contribution in [2.75, 3.05) is 25.0 Å². The Bertz CT molecular complexity index is 1110. The van der Waals surface area contributed by atoms with Crippen molar-refractivity contribution in [2.24, 2.45) is 5.92 Å². The Morgan fingerprint density at radius 2 is 1.88 bits per heavy atom. The lowest BCUT2D eigenvalue weighted by Crippen LogP contribution is -2.68. The average Bonchev–Trinajstić information content (AvgIpc) is 3.41. The summed E-state index contributed by atoms with van der Waals surface area (Å²) in [7, 11) is 0. The summed E-state index contributed by atoms with van der Waals surface area (Å²) < 4.78 is 11.2. The maximum atomic E-state index is 13.4.